The van der Waals surface area contributed by atoms with Gasteiger partial charge in [-0.25, -0.2) is 0 Å². The van der Waals surface area contributed by atoms with Crippen LogP contribution in [0.5, 0.6) is 0 Å². The van der Waals surface area contributed by atoms with Crippen molar-refractivity contribution in [1.82, 2.24) is 4.90 Å². The quantitative estimate of drug-likeness (QED) is 0.665. The van der Waals surface area contributed by atoms with Gasteiger partial charge in [0.05, 0.1) is 5.69 Å². The smallest absolute Gasteiger partial charge is 0.254 e. The van der Waals surface area contributed by atoms with Crippen molar-refractivity contribution in [3.8, 4) is 11.1 Å². The zero-order chi connectivity index (χ0) is 20.4. The Kier molecular flexibility index (Phi) is 5.17. The predicted molar refractivity (Wildman–Crippen MR) is 116 cm³/mol. The summed E-state index contributed by atoms with van der Waals surface area (Å²) in [5.41, 5.74) is 4.56. The fraction of sp³-hybridized carbons (Fsp3) is 0.200. The summed E-state index contributed by atoms with van der Waals surface area (Å²) < 4.78 is 0. The van der Waals surface area contributed by atoms with Crippen molar-refractivity contribution in [2.45, 2.75) is 19.9 Å². The van der Waals surface area contributed by atoms with Gasteiger partial charge in [0, 0.05) is 24.2 Å². The average molecular weight is 384 g/mol. The highest BCUT2D eigenvalue weighted by Crippen LogP contribution is 2.32. The van der Waals surface area contributed by atoms with Crippen molar-refractivity contribution in [1.29, 1.82) is 0 Å². The molecule has 4 heteroatoms. The van der Waals surface area contributed by atoms with Gasteiger partial charge in [-0.3, -0.25) is 9.59 Å². The molecule has 0 saturated carbocycles. The minimum absolute atomic E-state index is 0.0541. The van der Waals surface area contributed by atoms with Crippen LogP contribution in [0.4, 0.5) is 5.69 Å². The summed E-state index contributed by atoms with van der Waals surface area (Å²) in [7, 11) is 0. The van der Waals surface area contributed by atoms with Crippen LogP contribution in [0.3, 0.4) is 0 Å². The van der Waals surface area contributed by atoms with Gasteiger partial charge in [0.15, 0.2) is 0 Å². The van der Waals surface area contributed by atoms with E-state index in [1.54, 1.807) is 4.90 Å². The van der Waals surface area contributed by atoms with Crippen molar-refractivity contribution in [2.75, 3.05) is 18.0 Å². The number of para-hydroxylation sites is 1. The van der Waals surface area contributed by atoms with E-state index in [4.69, 9.17) is 0 Å². The molecule has 3 aromatic carbocycles. The molecule has 1 saturated heterocycles. The molecule has 0 aromatic heterocycles. The van der Waals surface area contributed by atoms with Crippen molar-refractivity contribution >= 4 is 17.5 Å². The van der Waals surface area contributed by atoms with Gasteiger partial charge in [0.1, 0.15) is 6.04 Å². The van der Waals surface area contributed by atoms with Crippen molar-refractivity contribution in [2.24, 2.45) is 0 Å². The minimum Gasteiger partial charge on any atom is -0.325 e. The van der Waals surface area contributed by atoms with Crippen LogP contribution in [0, 0.1) is 6.92 Å². The number of hydrogen-bond acceptors (Lipinski definition) is 2. The number of hydrogen-bond donors (Lipinski definition) is 0. The van der Waals surface area contributed by atoms with E-state index < -0.39 is 6.04 Å². The number of piperazine rings is 1. The number of anilines is 1. The second-order valence-corrected chi connectivity index (χ2v) is 7.36. The van der Waals surface area contributed by atoms with Gasteiger partial charge in [0.2, 0.25) is 5.91 Å². The van der Waals surface area contributed by atoms with Gasteiger partial charge in [-0.2, -0.15) is 0 Å². The summed E-state index contributed by atoms with van der Waals surface area (Å²) in [4.78, 5) is 29.8. The Hall–Kier alpha value is -3.40. The Balaban J connectivity index is 1.62. The largest absolute Gasteiger partial charge is 0.325 e. The first kappa shape index (κ1) is 18.9. The van der Waals surface area contributed by atoms with E-state index in [2.05, 4.69) is 0 Å². The first-order valence-corrected chi connectivity index (χ1v) is 9.90. The van der Waals surface area contributed by atoms with Gasteiger partial charge in [-0.1, -0.05) is 66.7 Å². The summed E-state index contributed by atoms with van der Waals surface area (Å²) in [6.07, 6.45) is 0. The predicted octanol–water partition coefficient (Wildman–Crippen LogP) is 4.54. The summed E-state index contributed by atoms with van der Waals surface area (Å²) in [5.74, 6) is -0.137. The average Bonchev–Trinajstić information content (AvgIpc) is 2.76. The van der Waals surface area contributed by atoms with Crippen molar-refractivity contribution < 1.29 is 9.59 Å². The number of carbonyl (C=O) groups excluding carboxylic acids is 2. The molecule has 1 aliphatic heterocycles. The molecule has 146 valence electrons. The molecule has 1 heterocycles. The number of nitrogens with zero attached hydrogens (tertiary/aromatic N) is 2. The standard InChI is InChI=1S/C25H24N2O2/c1-18-10-6-7-13-21(18)25(29)26-16-17-27(24(28)19(26)2)23-15-9-8-14-22(23)20-11-4-3-5-12-20/h3-15,19H,16-17H2,1-2H3/t19-/m0/s1. The van der Waals surface area contributed by atoms with E-state index in [-0.39, 0.29) is 11.8 Å². The Bertz CT molecular complexity index is 1050. The van der Waals surface area contributed by atoms with Crippen LogP contribution in [0.2, 0.25) is 0 Å². The molecule has 0 unspecified atom stereocenters. The molecule has 0 N–H and O–H groups in total. The minimum atomic E-state index is -0.514. The van der Waals surface area contributed by atoms with Crippen LogP contribution in [0.1, 0.15) is 22.8 Å². The Morgan fingerprint density at radius 1 is 0.862 bits per heavy atom. The van der Waals surface area contributed by atoms with Crippen molar-refractivity contribution in [3.63, 3.8) is 0 Å². The van der Waals surface area contributed by atoms with Crippen LogP contribution in [0.15, 0.2) is 78.9 Å². The fourth-order valence-electron chi connectivity index (χ4n) is 3.93. The Labute approximate surface area is 171 Å². The third-order valence-corrected chi connectivity index (χ3v) is 5.57. The number of aryl methyl sites for hydroxylation is 1. The molecular formula is C25H24N2O2. The molecule has 0 spiro atoms. The van der Waals surface area contributed by atoms with Crippen LogP contribution < -0.4 is 4.90 Å². The Morgan fingerprint density at radius 2 is 1.52 bits per heavy atom. The maximum Gasteiger partial charge on any atom is 0.254 e. The lowest BCUT2D eigenvalue weighted by Gasteiger charge is -2.40. The van der Waals surface area contributed by atoms with Crippen LogP contribution in [-0.4, -0.2) is 35.8 Å². The molecule has 0 bridgehead atoms. The maximum absolute atomic E-state index is 13.3. The van der Waals surface area contributed by atoms with E-state index in [9.17, 15) is 9.59 Å². The number of carbonyl (C=O) groups is 2. The second kappa shape index (κ2) is 7.92. The monoisotopic (exact) mass is 384 g/mol. The first-order chi connectivity index (χ1) is 14.1. The lowest BCUT2D eigenvalue weighted by atomic mass is 10.0. The summed E-state index contributed by atoms with van der Waals surface area (Å²) in [5, 5.41) is 0. The molecule has 29 heavy (non-hydrogen) atoms. The topological polar surface area (TPSA) is 40.6 Å². The fourth-order valence-corrected chi connectivity index (χ4v) is 3.93. The molecule has 1 fully saturated rings. The SMILES string of the molecule is Cc1ccccc1C(=O)N1CCN(c2ccccc2-c2ccccc2)C(=O)[C@@H]1C. The highest BCUT2D eigenvalue weighted by molar-refractivity contribution is 6.05. The van der Waals surface area contributed by atoms with Gasteiger partial charge in [-0.15, -0.1) is 0 Å². The molecule has 0 radical (unpaired) electrons. The molecule has 4 nitrogen and oxygen atoms in total. The molecule has 0 aliphatic carbocycles. The molecule has 2 amide bonds. The first-order valence-electron chi connectivity index (χ1n) is 9.90. The van der Waals surface area contributed by atoms with E-state index >= 15 is 0 Å². The van der Waals surface area contributed by atoms with Gasteiger partial charge in [-0.05, 0) is 37.1 Å². The molecule has 3 aromatic rings. The number of benzene rings is 3. The lowest BCUT2D eigenvalue weighted by Crippen LogP contribution is -2.58. The van der Waals surface area contributed by atoms with Crippen LogP contribution >= 0.6 is 0 Å². The third kappa shape index (κ3) is 3.54. The number of amides is 2. The molecular weight excluding hydrogens is 360 g/mol. The lowest BCUT2D eigenvalue weighted by molar-refractivity contribution is -0.124. The molecule has 1 aliphatic rings. The Morgan fingerprint density at radius 3 is 2.28 bits per heavy atom. The van der Waals surface area contributed by atoms with Gasteiger partial charge < -0.3 is 9.80 Å². The summed E-state index contributed by atoms with van der Waals surface area (Å²) in [6, 6.07) is 25.0. The molecule has 4 rings (SSSR count). The maximum atomic E-state index is 13.3. The van der Waals surface area contributed by atoms with E-state index in [1.807, 2.05) is 97.6 Å². The van der Waals surface area contributed by atoms with E-state index in [1.165, 1.54) is 0 Å². The third-order valence-electron chi connectivity index (χ3n) is 5.57. The zero-order valence-corrected chi connectivity index (χ0v) is 16.7. The highest BCUT2D eigenvalue weighted by Gasteiger charge is 2.36. The molecule has 1 atom stereocenters. The highest BCUT2D eigenvalue weighted by atomic mass is 16.2. The van der Waals surface area contributed by atoms with Crippen molar-refractivity contribution in [3.05, 3.63) is 90.0 Å². The summed E-state index contributed by atoms with van der Waals surface area (Å²) >= 11 is 0. The van der Waals surface area contributed by atoms with Gasteiger partial charge >= 0.3 is 0 Å². The van der Waals surface area contributed by atoms with Crippen LogP contribution in [0.25, 0.3) is 11.1 Å². The van der Waals surface area contributed by atoms with E-state index in [0.717, 1.165) is 22.4 Å². The summed E-state index contributed by atoms with van der Waals surface area (Å²) in [6.45, 7) is 4.72. The van der Waals surface area contributed by atoms with Crippen LogP contribution in [-0.2, 0) is 4.79 Å². The van der Waals surface area contributed by atoms with Gasteiger partial charge in [0.25, 0.3) is 5.91 Å². The second-order valence-electron chi connectivity index (χ2n) is 7.36. The zero-order valence-electron chi connectivity index (χ0n) is 16.7. The normalized spacial score (nSPS) is 16.8. The number of rotatable bonds is 3. The van der Waals surface area contributed by atoms with E-state index in [0.29, 0.717) is 18.7 Å².